The third-order valence-corrected chi connectivity index (χ3v) is 4.28. The number of aliphatic carboxylic acids is 1. The number of hydrogen-bond acceptors (Lipinski definition) is 8. The molecule has 0 spiro atoms. The summed E-state index contributed by atoms with van der Waals surface area (Å²) in [7, 11) is 0. The molecular weight excluding hydrogens is 432 g/mol. The van der Waals surface area contributed by atoms with Crippen molar-refractivity contribution in [2.45, 2.75) is 50.4 Å². The molecule has 0 saturated heterocycles. The van der Waals surface area contributed by atoms with E-state index in [-0.39, 0.29) is 24.7 Å². The minimum absolute atomic E-state index is 0.0451. The lowest BCUT2D eigenvalue weighted by Crippen LogP contribution is -2.56. The second kappa shape index (κ2) is 14.0. The minimum Gasteiger partial charge on any atom is -0.480 e. The second-order valence-electron chi connectivity index (χ2n) is 6.60. The van der Waals surface area contributed by atoms with Gasteiger partial charge in [0, 0.05) is 12.3 Å². The Morgan fingerprint density at radius 3 is 2.03 bits per heavy atom. The van der Waals surface area contributed by atoms with Crippen molar-refractivity contribution in [3.05, 3.63) is 0 Å². The van der Waals surface area contributed by atoms with Crippen LogP contribution in [0, 0.1) is 0 Å². The highest BCUT2D eigenvalue weighted by Crippen LogP contribution is 2.02. The molecule has 15 heteroatoms. The third kappa shape index (κ3) is 11.6. The SMILES string of the molecule is CC(NC(=O)C(CCCN=C(N)N)NC(=O)C(N)CS)C(=O)NC(CC(N)=O)C(=O)O. The van der Waals surface area contributed by atoms with Gasteiger partial charge in [0.25, 0.3) is 0 Å². The number of nitrogens with two attached hydrogens (primary N) is 4. The molecule has 4 unspecified atom stereocenters. The van der Waals surface area contributed by atoms with Crippen LogP contribution < -0.4 is 38.9 Å². The second-order valence-corrected chi connectivity index (χ2v) is 6.96. The number of thiol groups is 1. The molecule has 0 fully saturated rings. The summed E-state index contributed by atoms with van der Waals surface area (Å²) in [6.07, 6.45) is -0.166. The lowest BCUT2D eigenvalue weighted by Gasteiger charge is -2.23. The average Bonchev–Trinajstić information content (AvgIpc) is 2.67. The number of carbonyl (C=O) groups excluding carboxylic acids is 4. The number of guanidine groups is 1. The Morgan fingerprint density at radius 1 is 0.968 bits per heavy atom. The van der Waals surface area contributed by atoms with E-state index in [1.54, 1.807) is 0 Å². The van der Waals surface area contributed by atoms with Crippen LogP contribution in [0.15, 0.2) is 4.99 Å². The largest absolute Gasteiger partial charge is 0.480 e. The molecular formula is C16H30N8O6S. The lowest BCUT2D eigenvalue weighted by molar-refractivity contribution is -0.143. The van der Waals surface area contributed by atoms with Gasteiger partial charge in [0.05, 0.1) is 12.5 Å². The van der Waals surface area contributed by atoms with Gasteiger partial charge in [-0.25, -0.2) is 4.79 Å². The maximum absolute atomic E-state index is 12.6. The van der Waals surface area contributed by atoms with Crippen LogP contribution in [0.5, 0.6) is 0 Å². The number of carbonyl (C=O) groups is 5. The van der Waals surface area contributed by atoms with Crippen molar-refractivity contribution < 1.29 is 29.1 Å². The van der Waals surface area contributed by atoms with Gasteiger partial charge in [-0.3, -0.25) is 24.2 Å². The third-order valence-electron chi connectivity index (χ3n) is 3.88. The molecule has 0 aliphatic rings. The number of nitrogens with zero attached hydrogens (tertiary/aromatic N) is 1. The first-order chi connectivity index (χ1) is 14.4. The molecule has 0 aromatic carbocycles. The van der Waals surface area contributed by atoms with Crippen LogP contribution in [0.3, 0.4) is 0 Å². The first kappa shape index (κ1) is 27.9. The van der Waals surface area contributed by atoms with Crippen molar-refractivity contribution in [3.63, 3.8) is 0 Å². The van der Waals surface area contributed by atoms with Crippen LogP contribution >= 0.6 is 12.6 Å². The molecule has 12 N–H and O–H groups in total. The number of aliphatic imine (C=N–C) groups is 1. The minimum atomic E-state index is -1.55. The van der Waals surface area contributed by atoms with Gasteiger partial charge in [0.1, 0.15) is 18.1 Å². The van der Waals surface area contributed by atoms with Gasteiger partial charge in [-0.15, -0.1) is 0 Å². The maximum Gasteiger partial charge on any atom is 0.326 e. The lowest BCUT2D eigenvalue weighted by atomic mass is 10.1. The van der Waals surface area contributed by atoms with Gasteiger partial charge in [-0.05, 0) is 19.8 Å². The van der Waals surface area contributed by atoms with Crippen molar-refractivity contribution >= 4 is 48.2 Å². The number of carboxylic acid groups (broad SMARTS) is 1. The van der Waals surface area contributed by atoms with E-state index in [0.29, 0.717) is 6.42 Å². The molecule has 0 aliphatic carbocycles. The fourth-order valence-electron chi connectivity index (χ4n) is 2.21. The molecule has 0 bridgehead atoms. The van der Waals surface area contributed by atoms with Crippen LogP contribution in [0.4, 0.5) is 0 Å². The van der Waals surface area contributed by atoms with Crippen LogP contribution in [-0.4, -0.2) is 77.1 Å². The zero-order chi connectivity index (χ0) is 24.1. The predicted molar refractivity (Wildman–Crippen MR) is 115 cm³/mol. The highest BCUT2D eigenvalue weighted by Gasteiger charge is 2.28. The number of amides is 4. The van der Waals surface area contributed by atoms with Crippen molar-refractivity contribution in [2.75, 3.05) is 12.3 Å². The molecule has 31 heavy (non-hydrogen) atoms. The van der Waals surface area contributed by atoms with Gasteiger partial charge >= 0.3 is 5.97 Å². The fourth-order valence-corrected chi connectivity index (χ4v) is 2.38. The van der Waals surface area contributed by atoms with Crippen LogP contribution in [-0.2, 0) is 24.0 Å². The van der Waals surface area contributed by atoms with E-state index in [1.165, 1.54) is 6.92 Å². The number of primary amides is 1. The Balaban J connectivity index is 5.11. The molecule has 0 aliphatic heterocycles. The van der Waals surface area contributed by atoms with Crippen molar-refractivity contribution in [1.29, 1.82) is 0 Å². The van der Waals surface area contributed by atoms with E-state index < -0.39 is 60.2 Å². The van der Waals surface area contributed by atoms with E-state index in [1.807, 2.05) is 0 Å². The number of carboxylic acids is 1. The molecule has 0 aromatic heterocycles. The summed E-state index contributed by atoms with van der Waals surface area (Å²) in [5, 5.41) is 16.0. The van der Waals surface area contributed by atoms with E-state index in [2.05, 4.69) is 33.6 Å². The van der Waals surface area contributed by atoms with E-state index in [4.69, 9.17) is 28.0 Å². The molecule has 0 saturated carbocycles. The van der Waals surface area contributed by atoms with Crippen LogP contribution in [0.1, 0.15) is 26.2 Å². The Hall–Kier alpha value is -3.07. The van der Waals surface area contributed by atoms with E-state index in [0.717, 1.165) is 0 Å². The molecule has 14 nitrogen and oxygen atoms in total. The predicted octanol–water partition coefficient (Wildman–Crippen LogP) is -4.27. The molecule has 0 aromatic rings. The Bertz CT molecular complexity index is 700. The zero-order valence-electron chi connectivity index (χ0n) is 17.0. The molecule has 4 amide bonds. The first-order valence-corrected chi connectivity index (χ1v) is 9.86. The molecule has 176 valence electrons. The van der Waals surface area contributed by atoms with Gasteiger partial charge in [0.15, 0.2) is 5.96 Å². The first-order valence-electron chi connectivity index (χ1n) is 9.23. The fraction of sp³-hybridized carbons (Fsp3) is 0.625. The van der Waals surface area contributed by atoms with E-state index >= 15 is 0 Å². The zero-order valence-corrected chi connectivity index (χ0v) is 17.9. The van der Waals surface area contributed by atoms with E-state index in [9.17, 15) is 24.0 Å². The summed E-state index contributed by atoms with van der Waals surface area (Å²) in [5.41, 5.74) is 21.0. The number of hydrogen-bond donors (Lipinski definition) is 9. The van der Waals surface area contributed by atoms with Gasteiger partial charge < -0.3 is 44.0 Å². The smallest absolute Gasteiger partial charge is 0.326 e. The van der Waals surface area contributed by atoms with Crippen molar-refractivity contribution in [2.24, 2.45) is 27.9 Å². The summed E-state index contributed by atoms with van der Waals surface area (Å²) in [6.45, 7) is 1.50. The summed E-state index contributed by atoms with van der Waals surface area (Å²) in [6, 6.07) is -4.75. The Morgan fingerprint density at radius 2 is 1.55 bits per heavy atom. The number of nitrogens with one attached hydrogen (secondary N) is 3. The normalized spacial score (nSPS) is 14.3. The summed E-state index contributed by atoms with van der Waals surface area (Å²) in [5.74, 6) is -4.67. The topological polar surface area (TPSA) is 258 Å². The average molecular weight is 463 g/mol. The number of rotatable bonds is 14. The van der Waals surface area contributed by atoms with Gasteiger partial charge in [-0.2, -0.15) is 12.6 Å². The maximum atomic E-state index is 12.6. The molecule has 0 rings (SSSR count). The Kier molecular flexibility index (Phi) is 12.6. The molecule has 0 radical (unpaired) electrons. The van der Waals surface area contributed by atoms with Crippen molar-refractivity contribution in [1.82, 2.24) is 16.0 Å². The van der Waals surface area contributed by atoms with Crippen molar-refractivity contribution in [3.8, 4) is 0 Å². The van der Waals surface area contributed by atoms with Crippen LogP contribution in [0.25, 0.3) is 0 Å². The van der Waals surface area contributed by atoms with Gasteiger partial charge in [0.2, 0.25) is 23.6 Å². The quantitative estimate of drug-likeness (QED) is 0.0523. The van der Waals surface area contributed by atoms with Crippen LogP contribution in [0.2, 0.25) is 0 Å². The Labute approximate surface area is 184 Å². The highest BCUT2D eigenvalue weighted by atomic mass is 32.1. The van der Waals surface area contributed by atoms with Gasteiger partial charge in [-0.1, -0.05) is 0 Å². The molecule has 4 atom stereocenters. The summed E-state index contributed by atoms with van der Waals surface area (Å²) >= 11 is 3.93. The molecule has 0 heterocycles. The standard InChI is InChI=1S/C16H30N8O6S/c1-7(12(26)24-10(15(29)30)5-11(18)25)22-14(28)9(3-2-4-21-16(19)20)23-13(27)8(17)6-31/h7-10,31H,2-6,17H2,1H3,(H2,18,25)(H,22,28)(H,23,27)(H,24,26)(H,29,30)(H4,19,20,21). The summed E-state index contributed by atoms with van der Waals surface area (Å²) in [4.78, 5) is 62.7. The monoisotopic (exact) mass is 462 g/mol. The highest BCUT2D eigenvalue weighted by molar-refractivity contribution is 7.80. The summed E-state index contributed by atoms with van der Waals surface area (Å²) < 4.78 is 0.